The summed E-state index contributed by atoms with van der Waals surface area (Å²) >= 11 is 2.10. The number of rotatable bonds is 4. The maximum absolute atomic E-state index is 12.0. The summed E-state index contributed by atoms with van der Waals surface area (Å²) in [4.78, 5) is 11.7. The summed E-state index contributed by atoms with van der Waals surface area (Å²) in [5.41, 5.74) is 4.19. The van der Waals surface area contributed by atoms with Crippen LogP contribution >= 0.6 is 22.6 Å². The van der Waals surface area contributed by atoms with Crippen LogP contribution in [0.1, 0.15) is 0 Å². The smallest absolute Gasteiger partial charge is 0.302 e. The molecule has 0 unspecified atom stereocenters. The molecule has 0 N–H and O–H groups in total. The number of benzene rings is 3. The molecule has 0 aliphatic carbocycles. The van der Waals surface area contributed by atoms with E-state index in [0.29, 0.717) is 9.26 Å². The van der Waals surface area contributed by atoms with E-state index in [1.54, 1.807) is 0 Å². The van der Waals surface area contributed by atoms with E-state index >= 15 is 0 Å². The molecule has 5 heteroatoms. The molecule has 0 bridgehead atoms. The van der Waals surface area contributed by atoms with E-state index in [1.165, 1.54) is 0 Å². The number of aromatic nitrogens is 1. The Kier molecular flexibility index (Phi) is 4.77. The van der Waals surface area contributed by atoms with Gasteiger partial charge in [0.05, 0.1) is 10.6 Å². The van der Waals surface area contributed by atoms with Crippen molar-refractivity contribution in [3.8, 4) is 28.2 Å². The van der Waals surface area contributed by atoms with Crippen LogP contribution in [0.25, 0.3) is 28.2 Å². The Bertz CT molecular complexity index is 1090. The summed E-state index contributed by atoms with van der Waals surface area (Å²) in [6.07, 6.45) is 0. The second kappa shape index (κ2) is 7.36. The minimum Gasteiger partial charge on any atom is -0.302 e. The summed E-state index contributed by atoms with van der Waals surface area (Å²) in [5, 5.41) is 12.0. The predicted molar refractivity (Wildman–Crippen MR) is 116 cm³/mol. The minimum atomic E-state index is -0.282. The predicted octanol–water partition coefficient (Wildman–Crippen LogP) is 6.32. The van der Waals surface area contributed by atoms with E-state index in [0.717, 1.165) is 22.5 Å². The SMILES string of the molecule is O=[N+]([O-])c1c(I)c(-c2ccccc2)n(-c2ccccc2)c1-c1ccccc1. The van der Waals surface area contributed by atoms with Crippen molar-refractivity contribution >= 4 is 28.3 Å². The fourth-order valence-electron chi connectivity index (χ4n) is 3.25. The van der Waals surface area contributed by atoms with E-state index in [2.05, 4.69) is 22.6 Å². The zero-order chi connectivity index (χ0) is 18.8. The fraction of sp³-hybridized carbons (Fsp3) is 0. The van der Waals surface area contributed by atoms with E-state index in [-0.39, 0.29) is 10.6 Å². The molecule has 0 amide bonds. The molecule has 27 heavy (non-hydrogen) atoms. The fourth-order valence-corrected chi connectivity index (χ4v) is 4.25. The third-order valence-electron chi connectivity index (χ3n) is 4.38. The molecule has 4 rings (SSSR count). The number of halogens is 1. The van der Waals surface area contributed by atoms with Crippen molar-refractivity contribution < 1.29 is 4.92 Å². The molecule has 4 aromatic rings. The van der Waals surface area contributed by atoms with Crippen LogP contribution in [0.2, 0.25) is 0 Å². The van der Waals surface area contributed by atoms with Crippen LogP contribution < -0.4 is 0 Å². The van der Waals surface area contributed by atoms with Gasteiger partial charge in [-0.25, -0.2) is 0 Å². The van der Waals surface area contributed by atoms with Gasteiger partial charge in [-0.05, 0) is 40.3 Å². The van der Waals surface area contributed by atoms with Crippen LogP contribution in [0.3, 0.4) is 0 Å². The van der Waals surface area contributed by atoms with Crippen LogP contribution in [0, 0.1) is 13.7 Å². The van der Waals surface area contributed by atoms with Crippen LogP contribution in [-0.2, 0) is 0 Å². The van der Waals surface area contributed by atoms with Gasteiger partial charge in [0.2, 0.25) is 0 Å². The average molecular weight is 466 g/mol. The Morgan fingerprint density at radius 1 is 0.704 bits per heavy atom. The van der Waals surface area contributed by atoms with Crippen LogP contribution in [0.4, 0.5) is 5.69 Å². The van der Waals surface area contributed by atoms with E-state index in [9.17, 15) is 10.1 Å². The Morgan fingerprint density at radius 3 is 1.63 bits per heavy atom. The molecule has 1 heterocycles. The molecule has 0 radical (unpaired) electrons. The molecule has 0 aliphatic heterocycles. The second-order valence-electron chi connectivity index (χ2n) is 6.02. The van der Waals surface area contributed by atoms with Gasteiger partial charge in [-0.15, -0.1) is 0 Å². The Morgan fingerprint density at radius 2 is 1.15 bits per heavy atom. The molecule has 0 saturated carbocycles. The zero-order valence-corrected chi connectivity index (χ0v) is 16.4. The molecule has 0 saturated heterocycles. The summed E-state index contributed by atoms with van der Waals surface area (Å²) in [6, 6.07) is 29.1. The molecular weight excluding hydrogens is 451 g/mol. The lowest BCUT2D eigenvalue weighted by Gasteiger charge is -2.13. The van der Waals surface area contributed by atoms with Crippen molar-refractivity contribution in [3.05, 3.63) is 105 Å². The highest BCUT2D eigenvalue weighted by Gasteiger charge is 2.31. The molecule has 0 spiro atoms. The number of hydrogen-bond donors (Lipinski definition) is 0. The van der Waals surface area contributed by atoms with Gasteiger partial charge in [0.25, 0.3) is 0 Å². The highest BCUT2D eigenvalue weighted by atomic mass is 127. The Balaban J connectivity index is 2.16. The normalized spacial score (nSPS) is 10.7. The van der Waals surface area contributed by atoms with Gasteiger partial charge in [-0.3, -0.25) is 10.1 Å². The molecule has 3 aromatic carbocycles. The van der Waals surface area contributed by atoms with Gasteiger partial charge in [0.15, 0.2) is 0 Å². The summed E-state index contributed by atoms with van der Waals surface area (Å²) in [5.74, 6) is 0. The molecule has 0 atom stereocenters. The van der Waals surface area contributed by atoms with Crippen LogP contribution in [-0.4, -0.2) is 9.49 Å². The van der Waals surface area contributed by atoms with Crippen LogP contribution in [0.15, 0.2) is 91.0 Å². The quantitative estimate of drug-likeness (QED) is 0.201. The average Bonchev–Trinajstić information content (AvgIpc) is 3.03. The summed E-state index contributed by atoms with van der Waals surface area (Å²) < 4.78 is 2.62. The van der Waals surface area contributed by atoms with Crippen molar-refractivity contribution in [1.82, 2.24) is 4.57 Å². The molecule has 1 aromatic heterocycles. The first-order valence-corrected chi connectivity index (χ1v) is 9.51. The van der Waals surface area contributed by atoms with Crippen molar-refractivity contribution in [3.63, 3.8) is 0 Å². The number of nitrogens with zero attached hydrogens (tertiary/aromatic N) is 2. The first-order chi connectivity index (χ1) is 13.2. The van der Waals surface area contributed by atoms with Crippen LogP contribution in [0.5, 0.6) is 0 Å². The molecule has 0 fully saturated rings. The topological polar surface area (TPSA) is 48.1 Å². The molecule has 4 nitrogen and oxygen atoms in total. The lowest BCUT2D eigenvalue weighted by Crippen LogP contribution is -2.00. The largest absolute Gasteiger partial charge is 0.309 e. The number of nitro groups is 1. The molecule has 0 aliphatic rings. The van der Waals surface area contributed by atoms with Gasteiger partial charge in [-0.1, -0.05) is 78.9 Å². The number of para-hydroxylation sites is 1. The van der Waals surface area contributed by atoms with Crippen molar-refractivity contribution in [2.24, 2.45) is 0 Å². The third-order valence-corrected chi connectivity index (χ3v) is 5.40. The van der Waals surface area contributed by atoms with Crippen molar-refractivity contribution in [2.45, 2.75) is 0 Å². The summed E-state index contributed by atoms with van der Waals surface area (Å²) in [6.45, 7) is 0. The maximum Gasteiger partial charge on any atom is 0.309 e. The van der Waals surface area contributed by atoms with Gasteiger partial charge in [0.1, 0.15) is 9.26 Å². The first kappa shape index (κ1) is 17.5. The van der Waals surface area contributed by atoms with Crippen molar-refractivity contribution in [2.75, 3.05) is 0 Å². The minimum absolute atomic E-state index is 0.129. The highest BCUT2D eigenvalue weighted by molar-refractivity contribution is 14.1. The van der Waals surface area contributed by atoms with Gasteiger partial charge >= 0.3 is 5.69 Å². The third kappa shape index (κ3) is 3.14. The van der Waals surface area contributed by atoms with Crippen molar-refractivity contribution in [1.29, 1.82) is 0 Å². The standard InChI is InChI=1S/C22H15IN2O2/c23-19-20(16-10-4-1-5-11-16)24(18-14-8-3-9-15-18)21(22(19)25(26)27)17-12-6-2-7-13-17/h1-15H. The Labute approximate surface area is 170 Å². The molecule has 132 valence electrons. The van der Waals surface area contributed by atoms with E-state index in [1.807, 2.05) is 95.6 Å². The van der Waals surface area contributed by atoms with E-state index < -0.39 is 0 Å². The van der Waals surface area contributed by atoms with Gasteiger partial charge in [0, 0.05) is 11.3 Å². The zero-order valence-electron chi connectivity index (χ0n) is 14.2. The Hall–Kier alpha value is -2.93. The van der Waals surface area contributed by atoms with Gasteiger partial charge < -0.3 is 4.57 Å². The second-order valence-corrected chi connectivity index (χ2v) is 7.10. The lowest BCUT2D eigenvalue weighted by molar-refractivity contribution is -0.384. The monoisotopic (exact) mass is 466 g/mol. The lowest BCUT2D eigenvalue weighted by atomic mass is 10.1. The molecular formula is C22H15IN2O2. The van der Waals surface area contributed by atoms with E-state index in [4.69, 9.17) is 0 Å². The summed E-state index contributed by atoms with van der Waals surface area (Å²) in [7, 11) is 0. The first-order valence-electron chi connectivity index (χ1n) is 8.43. The highest BCUT2D eigenvalue weighted by Crippen LogP contribution is 2.44. The maximum atomic E-state index is 12.0. The van der Waals surface area contributed by atoms with Gasteiger partial charge in [-0.2, -0.15) is 0 Å². The number of hydrogen-bond acceptors (Lipinski definition) is 2.